The number of carbonyl (C=O) groups is 2. The summed E-state index contributed by atoms with van der Waals surface area (Å²) in [6, 6.07) is 0. The van der Waals surface area contributed by atoms with E-state index in [1.54, 1.807) is 13.8 Å². The van der Waals surface area contributed by atoms with Gasteiger partial charge in [0, 0.05) is 12.2 Å². The van der Waals surface area contributed by atoms with Crippen LogP contribution in [0.5, 0.6) is 0 Å². The Morgan fingerprint density at radius 1 is 1.10 bits per heavy atom. The highest BCUT2D eigenvalue weighted by Crippen LogP contribution is 2.39. The van der Waals surface area contributed by atoms with Crippen molar-refractivity contribution in [2.45, 2.75) is 39.8 Å². The van der Waals surface area contributed by atoms with Crippen LogP contribution in [0.15, 0.2) is 25.3 Å². The van der Waals surface area contributed by atoms with Crippen LogP contribution < -0.4 is 0 Å². The van der Waals surface area contributed by atoms with Crippen LogP contribution in [-0.4, -0.2) is 34.2 Å². The molecule has 0 heterocycles. The predicted octanol–water partition coefficient (Wildman–Crippen LogP) is 1.13. The summed E-state index contributed by atoms with van der Waals surface area (Å²) in [6.07, 6.45) is 0.512. The molecule has 6 heteroatoms. The third-order valence-electron chi connectivity index (χ3n) is 3.00. The monoisotopic (exact) mass is 286 g/mol. The van der Waals surface area contributed by atoms with Crippen molar-refractivity contribution in [1.82, 2.24) is 0 Å². The summed E-state index contributed by atoms with van der Waals surface area (Å²) in [6.45, 7) is 12.6. The van der Waals surface area contributed by atoms with Crippen LogP contribution in [0.25, 0.3) is 0 Å². The fourth-order valence-corrected chi connectivity index (χ4v) is 1.66. The molecule has 0 bridgehead atoms. The van der Waals surface area contributed by atoms with Crippen LogP contribution in [0.2, 0.25) is 0 Å². The van der Waals surface area contributed by atoms with Crippen LogP contribution in [0.1, 0.15) is 27.7 Å². The van der Waals surface area contributed by atoms with E-state index in [1.807, 2.05) is 0 Å². The van der Waals surface area contributed by atoms with Crippen molar-refractivity contribution in [3.8, 4) is 0 Å². The summed E-state index contributed by atoms with van der Waals surface area (Å²) in [5.41, 5.74) is -1.47. The van der Waals surface area contributed by atoms with Crippen LogP contribution in [-0.2, 0) is 19.1 Å². The van der Waals surface area contributed by atoms with E-state index < -0.39 is 29.4 Å². The van der Waals surface area contributed by atoms with Gasteiger partial charge in [-0.2, -0.15) is 0 Å². The number of hydrogen-bond acceptors (Lipinski definition) is 6. The number of carbonyl (C=O) groups excluding carboxylic acids is 2. The number of aliphatic hydroxyl groups is 2. The van der Waals surface area contributed by atoms with E-state index >= 15 is 0 Å². The number of hydrogen-bond donors (Lipinski definition) is 2. The Morgan fingerprint density at radius 2 is 1.45 bits per heavy atom. The SMILES string of the molecule is C=CC(=O)OC(O)(OC(=O)C=C)C(C)(C)C(O)C(C)C. The maximum Gasteiger partial charge on any atom is 0.381 e. The van der Waals surface area contributed by atoms with Gasteiger partial charge in [-0.15, -0.1) is 0 Å². The third kappa shape index (κ3) is 3.91. The van der Waals surface area contributed by atoms with Crippen LogP contribution in [0, 0.1) is 11.3 Å². The zero-order chi connectivity index (χ0) is 16.1. The van der Waals surface area contributed by atoms with Crippen LogP contribution in [0.4, 0.5) is 0 Å². The van der Waals surface area contributed by atoms with Crippen molar-refractivity contribution < 1.29 is 29.3 Å². The molecule has 1 unspecified atom stereocenters. The van der Waals surface area contributed by atoms with Gasteiger partial charge in [0.25, 0.3) is 0 Å². The molecule has 0 saturated carbocycles. The fourth-order valence-electron chi connectivity index (χ4n) is 1.66. The minimum Gasteiger partial charge on any atom is -0.394 e. The Labute approximate surface area is 118 Å². The van der Waals surface area contributed by atoms with E-state index in [9.17, 15) is 19.8 Å². The maximum atomic E-state index is 11.3. The lowest BCUT2D eigenvalue weighted by atomic mass is 9.78. The lowest BCUT2D eigenvalue weighted by molar-refractivity contribution is -0.383. The first-order valence-corrected chi connectivity index (χ1v) is 6.13. The van der Waals surface area contributed by atoms with Crippen LogP contribution in [0.3, 0.4) is 0 Å². The molecule has 0 amide bonds. The van der Waals surface area contributed by atoms with Crippen molar-refractivity contribution in [3.05, 3.63) is 25.3 Å². The van der Waals surface area contributed by atoms with Crippen molar-refractivity contribution in [1.29, 1.82) is 0 Å². The molecule has 114 valence electrons. The zero-order valence-electron chi connectivity index (χ0n) is 12.3. The summed E-state index contributed by atoms with van der Waals surface area (Å²) in [5.74, 6) is -4.91. The van der Waals surface area contributed by atoms with Gasteiger partial charge >= 0.3 is 17.9 Å². The number of ether oxygens (including phenoxy) is 2. The normalized spacial score (nSPS) is 13.6. The summed E-state index contributed by atoms with van der Waals surface area (Å²) in [7, 11) is 0. The highest BCUT2D eigenvalue weighted by molar-refractivity contribution is 5.83. The zero-order valence-corrected chi connectivity index (χ0v) is 12.3. The molecule has 0 radical (unpaired) electrons. The Morgan fingerprint density at radius 3 is 1.70 bits per heavy atom. The molecule has 1 atom stereocenters. The van der Waals surface area contributed by atoms with Gasteiger partial charge in [-0.1, -0.05) is 27.0 Å². The minimum absolute atomic E-state index is 0.276. The highest BCUT2D eigenvalue weighted by atomic mass is 16.8. The largest absolute Gasteiger partial charge is 0.394 e. The molecule has 2 N–H and O–H groups in total. The van der Waals surface area contributed by atoms with E-state index in [1.165, 1.54) is 13.8 Å². The molecule has 0 aliphatic heterocycles. The molecule has 0 aliphatic rings. The molecule has 0 aromatic carbocycles. The second-order valence-electron chi connectivity index (χ2n) is 5.24. The van der Waals surface area contributed by atoms with Gasteiger partial charge in [-0.3, -0.25) is 0 Å². The second kappa shape index (κ2) is 6.67. The standard InChI is InChI=1S/C14H22O6/c1-7-10(15)19-14(18,20-11(16)8-2)13(5,6)12(17)9(3)4/h7-9,12,17-18H,1-2H2,3-6H3. The topological polar surface area (TPSA) is 93.1 Å². The summed E-state index contributed by atoms with van der Waals surface area (Å²) < 4.78 is 9.49. The lowest BCUT2D eigenvalue weighted by Gasteiger charge is -2.43. The molecule has 0 aromatic heterocycles. The average molecular weight is 286 g/mol. The first-order chi connectivity index (χ1) is 9.01. The first kappa shape index (κ1) is 18.3. The highest BCUT2D eigenvalue weighted by Gasteiger charge is 2.56. The molecule has 0 aliphatic carbocycles. The molecule has 0 rings (SSSR count). The molecule has 0 aromatic rings. The Kier molecular flexibility index (Phi) is 6.12. The third-order valence-corrected chi connectivity index (χ3v) is 3.00. The average Bonchev–Trinajstić information content (AvgIpc) is 2.36. The summed E-state index contributed by atoms with van der Waals surface area (Å²) in [4.78, 5) is 22.7. The molecule has 20 heavy (non-hydrogen) atoms. The van der Waals surface area contributed by atoms with Crippen LogP contribution >= 0.6 is 0 Å². The summed E-state index contributed by atoms with van der Waals surface area (Å²) >= 11 is 0. The molecule has 0 spiro atoms. The number of rotatable bonds is 7. The smallest absolute Gasteiger partial charge is 0.381 e. The first-order valence-electron chi connectivity index (χ1n) is 6.13. The van der Waals surface area contributed by atoms with Crippen molar-refractivity contribution >= 4 is 11.9 Å². The second-order valence-corrected chi connectivity index (χ2v) is 5.24. The van der Waals surface area contributed by atoms with Gasteiger partial charge in [-0.05, 0) is 19.8 Å². The van der Waals surface area contributed by atoms with Crippen molar-refractivity contribution in [2.24, 2.45) is 11.3 Å². The van der Waals surface area contributed by atoms with Gasteiger partial charge in [0.05, 0.1) is 11.5 Å². The Bertz CT molecular complexity index is 374. The molecular weight excluding hydrogens is 264 g/mol. The molecule has 0 saturated heterocycles. The van der Waals surface area contributed by atoms with E-state index in [2.05, 4.69) is 13.2 Å². The number of esters is 2. The fraction of sp³-hybridized carbons (Fsp3) is 0.571. The maximum absolute atomic E-state index is 11.3. The van der Waals surface area contributed by atoms with E-state index in [0.29, 0.717) is 0 Å². The van der Waals surface area contributed by atoms with E-state index in [-0.39, 0.29) is 5.92 Å². The molecule has 6 nitrogen and oxygen atoms in total. The lowest BCUT2D eigenvalue weighted by Crippen LogP contribution is -2.57. The predicted molar refractivity (Wildman–Crippen MR) is 72.2 cm³/mol. The van der Waals surface area contributed by atoms with Gasteiger partial charge in [0.2, 0.25) is 0 Å². The van der Waals surface area contributed by atoms with Gasteiger partial charge in [-0.25, -0.2) is 9.59 Å². The quantitative estimate of drug-likeness (QED) is 0.414. The minimum atomic E-state index is -2.65. The van der Waals surface area contributed by atoms with Crippen molar-refractivity contribution in [2.75, 3.05) is 0 Å². The van der Waals surface area contributed by atoms with Gasteiger partial charge < -0.3 is 19.7 Å². The molecule has 0 fully saturated rings. The number of aliphatic hydroxyl groups excluding tert-OH is 1. The Hall–Kier alpha value is -1.66. The van der Waals surface area contributed by atoms with Gasteiger partial charge in [0.15, 0.2) is 0 Å². The van der Waals surface area contributed by atoms with E-state index in [4.69, 9.17) is 9.47 Å². The summed E-state index contributed by atoms with van der Waals surface area (Å²) in [5, 5.41) is 20.6. The Balaban J connectivity index is 5.59. The molecular formula is C14H22O6. The van der Waals surface area contributed by atoms with Crippen molar-refractivity contribution in [3.63, 3.8) is 0 Å². The van der Waals surface area contributed by atoms with E-state index in [0.717, 1.165) is 12.2 Å². The van der Waals surface area contributed by atoms with Gasteiger partial charge in [0.1, 0.15) is 0 Å².